The number of carbonyl (C=O) groups is 1. The van der Waals surface area contributed by atoms with Crippen LogP contribution in [0.3, 0.4) is 0 Å². The average molecular weight is 420 g/mol. The van der Waals surface area contributed by atoms with E-state index in [1.165, 1.54) is 44.4 Å². The van der Waals surface area contributed by atoms with E-state index < -0.39 is 26.9 Å². The number of nitrogens with zero attached hydrogens (tertiary/aromatic N) is 3. The molecule has 0 spiro atoms. The van der Waals surface area contributed by atoms with Crippen LogP contribution >= 0.6 is 0 Å². The molecule has 1 N–H and O–H groups in total. The Balaban J connectivity index is 2.20. The number of amides is 1. The highest BCUT2D eigenvalue weighted by molar-refractivity contribution is 7.92. The van der Waals surface area contributed by atoms with Gasteiger partial charge in [0.05, 0.1) is 35.8 Å². The van der Waals surface area contributed by atoms with Crippen molar-refractivity contribution in [3.63, 3.8) is 0 Å². The predicted octanol–water partition coefficient (Wildman–Crippen LogP) is 1.91. The van der Waals surface area contributed by atoms with Crippen LogP contribution in [-0.2, 0) is 14.8 Å². The van der Waals surface area contributed by atoms with E-state index in [0.717, 1.165) is 16.8 Å². The summed E-state index contributed by atoms with van der Waals surface area (Å²) in [4.78, 5) is 22.9. The summed E-state index contributed by atoms with van der Waals surface area (Å²) >= 11 is 0. The molecule has 0 fully saturated rings. The third-order valence-corrected chi connectivity index (χ3v) is 5.17. The van der Waals surface area contributed by atoms with Crippen LogP contribution < -0.4 is 14.5 Å². The van der Waals surface area contributed by atoms with Gasteiger partial charge in [0.1, 0.15) is 11.8 Å². The summed E-state index contributed by atoms with van der Waals surface area (Å²) in [5.41, 5.74) is 2.52. The molecule has 0 unspecified atom stereocenters. The van der Waals surface area contributed by atoms with E-state index in [-0.39, 0.29) is 16.9 Å². The second-order valence-corrected chi connectivity index (χ2v) is 7.84. The fraction of sp³-hybridized carbons (Fsp3) is 0.222. The molecule has 0 heterocycles. The quantitative estimate of drug-likeness (QED) is 0.394. The molecular formula is C18H20N4O6S. The monoisotopic (exact) mass is 420 g/mol. The Hall–Kier alpha value is -3.47. The first-order valence-electron chi connectivity index (χ1n) is 8.35. The minimum atomic E-state index is -3.79. The van der Waals surface area contributed by atoms with Crippen LogP contribution in [0.4, 0.5) is 11.4 Å². The van der Waals surface area contributed by atoms with Gasteiger partial charge in [-0.15, -0.1) is 0 Å². The normalized spacial score (nSPS) is 12.4. The minimum Gasteiger partial charge on any atom is -0.497 e. The highest BCUT2D eigenvalue weighted by Crippen LogP contribution is 2.23. The van der Waals surface area contributed by atoms with Gasteiger partial charge < -0.3 is 4.74 Å². The lowest BCUT2D eigenvalue weighted by Gasteiger charge is -2.27. The van der Waals surface area contributed by atoms with Crippen LogP contribution in [0, 0.1) is 10.1 Å². The first-order chi connectivity index (χ1) is 13.6. The van der Waals surface area contributed by atoms with E-state index in [0.29, 0.717) is 5.75 Å². The molecule has 0 saturated carbocycles. The first-order valence-corrected chi connectivity index (χ1v) is 10.2. The number of benzene rings is 2. The lowest BCUT2D eigenvalue weighted by molar-refractivity contribution is -0.385. The number of nitro groups is 1. The summed E-state index contributed by atoms with van der Waals surface area (Å²) in [6.45, 7) is 1.40. The summed E-state index contributed by atoms with van der Waals surface area (Å²) in [6, 6.07) is 10.9. The van der Waals surface area contributed by atoms with Gasteiger partial charge in [-0.3, -0.25) is 19.2 Å². The molecule has 0 saturated heterocycles. The van der Waals surface area contributed by atoms with Crippen molar-refractivity contribution in [1.29, 1.82) is 0 Å². The first kappa shape index (κ1) is 21.8. The van der Waals surface area contributed by atoms with E-state index in [9.17, 15) is 23.3 Å². The summed E-state index contributed by atoms with van der Waals surface area (Å²) in [5.74, 6) is -0.172. The van der Waals surface area contributed by atoms with Crippen LogP contribution in [0.25, 0.3) is 0 Å². The van der Waals surface area contributed by atoms with E-state index in [2.05, 4.69) is 10.5 Å². The van der Waals surface area contributed by atoms with E-state index in [4.69, 9.17) is 4.74 Å². The maximum atomic E-state index is 12.4. The SMILES string of the molecule is COc1ccc(N([C@H](C)C(=O)N/N=C\c2ccccc2[N+](=O)[O-])S(C)(=O)=O)cc1. The Kier molecular flexibility index (Phi) is 6.89. The van der Waals surface area contributed by atoms with Crippen LogP contribution in [0.2, 0.25) is 0 Å². The molecule has 29 heavy (non-hydrogen) atoms. The molecule has 10 nitrogen and oxygen atoms in total. The Morgan fingerprint density at radius 3 is 2.41 bits per heavy atom. The number of ether oxygens (including phenoxy) is 1. The number of anilines is 1. The summed E-state index contributed by atoms with van der Waals surface area (Å²) in [7, 11) is -2.31. The zero-order chi connectivity index (χ0) is 21.6. The molecule has 0 aliphatic carbocycles. The van der Waals surface area contributed by atoms with Gasteiger partial charge in [-0.1, -0.05) is 12.1 Å². The number of sulfonamides is 1. The van der Waals surface area contributed by atoms with Crippen molar-refractivity contribution in [2.24, 2.45) is 5.10 Å². The summed E-state index contributed by atoms with van der Waals surface area (Å²) < 4.78 is 30.5. The van der Waals surface area contributed by atoms with Gasteiger partial charge in [0.2, 0.25) is 10.0 Å². The maximum Gasteiger partial charge on any atom is 0.278 e. The number of hydrogen-bond acceptors (Lipinski definition) is 7. The van der Waals surface area contributed by atoms with Crippen molar-refractivity contribution in [3.05, 3.63) is 64.2 Å². The lowest BCUT2D eigenvalue weighted by Crippen LogP contribution is -2.46. The number of carbonyl (C=O) groups excluding carboxylic acids is 1. The molecule has 2 aromatic rings. The third-order valence-electron chi connectivity index (χ3n) is 3.93. The standard InChI is InChI=1S/C18H20N4O6S/c1-13(21(29(3,26)27)15-8-10-16(28-2)11-9-15)18(23)20-19-12-14-6-4-5-7-17(14)22(24)25/h4-13H,1-3H3,(H,20,23)/b19-12-/t13-/m1/s1. The molecule has 2 aromatic carbocycles. The van der Waals surface area contributed by atoms with Crippen molar-refractivity contribution in [2.45, 2.75) is 13.0 Å². The number of rotatable bonds is 8. The number of nitro benzene ring substituents is 1. The van der Waals surface area contributed by atoms with Crippen molar-refractivity contribution in [2.75, 3.05) is 17.7 Å². The number of para-hydroxylation sites is 1. The number of hydrogen-bond donors (Lipinski definition) is 1. The molecule has 1 amide bonds. The highest BCUT2D eigenvalue weighted by Gasteiger charge is 2.29. The van der Waals surface area contributed by atoms with Crippen molar-refractivity contribution in [3.8, 4) is 5.75 Å². The Morgan fingerprint density at radius 1 is 1.24 bits per heavy atom. The molecule has 0 aliphatic heterocycles. The number of nitrogens with one attached hydrogen (secondary N) is 1. The topological polar surface area (TPSA) is 131 Å². The fourth-order valence-corrected chi connectivity index (χ4v) is 3.73. The molecular weight excluding hydrogens is 400 g/mol. The maximum absolute atomic E-state index is 12.4. The predicted molar refractivity (Wildman–Crippen MR) is 109 cm³/mol. The largest absolute Gasteiger partial charge is 0.497 e. The third kappa shape index (κ3) is 5.51. The average Bonchev–Trinajstić information content (AvgIpc) is 2.67. The van der Waals surface area contributed by atoms with E-state index in [1.54, 1.807) is 18.2 Å². The smallest absolute Gasteiger partial charge is 0.278 e. The molecule has 0 radical (unpaired) electrons. The molecule has 154 valence electrons. The fourth-order valence-electron chi connectivity index (χ4n) is 2.56. The summed E-state index contributed by atoms with van der Waals surface area (Å²) in [5, 5.41) is 14.7. The number of hydrazone groups is 1. The molecule has 11 heteroatoms. The van der Waals surface area contributed by atoms with Gasteiger partial charge >= 0.3 is 0 Å². The second-order valence-electron chi connectivity index (χ2n) is 5.98. The number of methoxy groups -OCH3 is 1. The molecule has 0 aromatic heterocycles. The molecule has 2 rings (SSSR count). The summed E-state index contributed by atoms with van der Waals surface area (Å²) in [6.07, 6.45) is 2.11. The van der Waals surface area contributed by atoms with E-state index >= 15 is 0 Å². The Bertz CT molecular complexity index is 1020. The second kappa shape index (κ2) is 9.15. The van der Waals surface area contributed by atoms with Crippen molar-refractivity contribution in [1.82, 2.24) is 5.43 Å². The van der Waals surface area contributed by atoms with Crippen molar-refractivity contribution >= 4 is 33.5 Å². The van der Waals surface area contributed by atoms with Gasteiger partial charge in [0.15, 0.2) is 0 Å². The Morgan fingerprint density at radius 2 is 1.86 bits per heavy atom. The van der Waals surface area contributed by atoms with Crippen LogP contribution in [-0.4, -0.2) is 44.9 Å². The van der Waals surface area contributed by atoms with Gasteiger partial charge in [-0.2, -0.15) is 5.10 Å². The van der Waals surface area contributed by atoms with Gasteiger partial charge in [-0.05, 0) is 37.3 Å². The van der Waals surface area contributed by atoms with Gasteiger partial charge in [-0.25, -0.2) is 13.8 Å². The van der Waals surface area contributed by atoms with Crippen LogP contribution in [0.15, 0.2) is 53.6 Å². The Labute approximate surface area is 168 Å². The lowest BCUT2D eigenvalue weighted by atomic mass is 10.2. The highest BCUT2D eigenvalue weighted by atomic mass is 32.2. The van der Waals surface area contributed by atoms with Crippen LogP contribution in [0.5, 0.6) is 5.75 Å². The molecule has 0 bridgehead atoms. The molecule has 0 aliphatic rings. The van der Waals surface area contributed by atoms with E-state index in [1.807, 2.05) is 0 Å². The minimum absolute atomic E-state index is 0.172. The molecule has 1 atom stereocenters. The zero-order valence-corrected chi connectivity index (χ0v) is 16.8. The van der Waals surface area contributed by atoms with Crippen LogP contribution in [0.1, 0.15) is 12.5 Å². The zero-order valence-electron chi connectivity index (χ0n) is 16.0. The van der Waals surface area contributed by atoms with Crippen molar-refractivity contribution < 1.29 is 22.9 Å². The van der Waals surface area contributed by atoms with Gasteiger partial charge in [0.25, 0.3) is 11.6 Å². The van der Waals surface area contributed by atoms with Gasteiger partial charge in [0, 0.05) is 6.07 Å².